The topological polar surface area (TPSA) is 70.7 Å². The molecule has 2 heterocycles. The summed E-state index contributed by atoms with van der Waals surface area (Å²) in [6.45, 7) is 0.623. The molecule has 19 heavy (non-hydrogen) atoms. The van der Waals surface area contributed by atoms with Crippen molar-refractivity contribution in [1.82, 2.24) is 20.3 Å². The average molecular weight is 321 g/mol. The first-order chi connectivity index (χ1) is 9.20. The number of hydrogen-bond acceptors (Lipinski definition) is 4. The summed E-state index contributed by atoms with van der Waals surface area (Å²) in [5, 5.41) is 3.34. The third-order valence-corrected chi connectivity index (χ3v) is 3.38. The highest BCUT2D eigenvalue weighted by molar-refractivity contribution is 9.10. The smallest absolute Gasteiger partial charge is 0.251 e. The monoisotopic (exact) mass is 320 g/mol. The summed E-state index contributed by atoms with van der Waals surface area (Å²) in [7, 11) is 0. The molecule has 0 spiro atoms. The second kappa shape index (κ2) is 5.22. The van der Waals surface area contributed by atoms with E-state index in [2.05, 4.69) is 36.2 Å². The third-order valence-electron chi connectivity index (χ3n) is 2.91. The van der Waals surface area contributed by atoms with Crippen LogP contribution < -0.4 is 10.9 Å². The number of halogens is 1. The summed E-state index contributed by atoms with van der Waals surface area (Å²) in [5.41, 5.74) is 1.26. The van der Waals surface area contributed by atoms with Crippen LogP contribution in [0.2, 0.25) is 0 Å². The summed E-state index contributed by atoms with van der Waals surface area (Å²) in [4.78, 5) is 23.0. The van der Waals surface area contributed by atoms with Gasteiger partial charge in [0.2, 0.25) is 0 Å². The van der Waals surface area contributed by atoms with E-state index in [0.717, 1.165) is 10.2 Å². The Balaban J connectivity index is 1.87. The molecular formula is C13H13BrN4O. The van der Waals surface area contributed by atoms with Crippen LogP contribution in [0.15, 0.2) is 33.7 Å². The minimum absolute atomic E-state index is 0.151. The van der Waals surface area contributed by atoms with Crippen molar-refractivity contribution in [1.29, 1.82) is 0 Å². The molecule has 1 aliphatic carbocycles. The van der Waals surface area contributed by atoms with E-state index in [1.807, 2.05) is 12.1 Å². The maximum atomic E-state index is 11.7. The molecule has 2 N–H and O–H groups in total. The summed E-state index contributed by atoms with van der Waals surface area (Å²) >= 11 is 3.33. The predicted octanol–water partition coefficient (Wildman–Crippen LogP) is 1.85. The van der Waals surface area contributed by atoms with E-state index in [1.54, 1.807) is 6.20 Å². The molecular weight excluding hydrogens is 308 g/mol. The molecule has 2 aromatic heterocycles. The van der Waals surface area contributed by atoms with Crippen molar-refractivity contribution in [2.24, 2.45) is 0 Å². The van der Waals surface area contributed by atoms with Crippen LogP contribution in [0.1, 0.15) is 18.5 Å². The first kappa shape index (κ1) is 12.5. The van der Waals surface area contributed by atoms with Crippen LogP contribution in [0.3, 0.4) is 0 Å². The van der Waals surface area contributed by atoms with Gasteiger partial charge in [-0.25, -0.2) is 4.98 Å². The molecule has 1 saturated carbocycles. The summed E-state index contributed by atoms with van der Waals surface area (Å²) in [5.74, 6) is 0.507. The Bertz CT molecular complexity index is 634. The molecule has 0 aromatic carbocycles. The van der Waals surface area contributed by atoms with E-state index in [1.165, 1.54) is 18.9 Å². The number of aromatic nitrogens is 3. The van der Waals surface area contributed by atoms with E-state index in [4.69, 9.17) is 0 Å². The van der Waals surface area contributed by atoms with Crippen LogP contribution in [0.4, 0.5) is 0 Å². The lowest BCUT2D eigenvalue weighted by Gasteiger charge is -2.05. The van der Waals surface area contributed by atoms with Crippen molar-refractivity contribution in [3.63, 3.8) is 0 Å². The van der Waals surface area contributed by atoms with Gasteiger partial charge in [-0.3, -0.25) is 9.78 Å². The van der Waals surface area contributed by atoms with Gasteiger partial charge in [-0.05, 0) is 40.9 Å². The normalized spacial score (nSPS) is 14.6. The fourth-order valence-electron chi connectivity index (χ4n) is 1.77. The highest BCUT2D eigenvalue weighted by Crippen LogP contribution is 2.19. The zero-order valence-corrected chi connectivity index (χ0v) is 11.8. The van der Waals surface area contributed by atoms with Gasteiger partial charge in [-0.15, -0.1) is 0 Å². The standard InChI is InChI=1S/C13H13BrN4O/c14-8-1-4-11(16-6-8)13-17-10(5-12(19)18-13)7-15-9-2-3-9/h1,4-6,9,15H,2-3,7H2,(H,17,18,19). The Morgan fingerprint density at radius 3 is 2.95 bits per heavy atom. The Labute approximate surface area is 118 Å². The van der Waals surface area contributed by atoms with Gasteiger partial charge in [-0.2, -0.15) is 0 Å². The van der Waals surface area contributed by atoms with Gasteiger partial charge < -0.3 is 10.3 Å². The molecule has 98 valence electrons. The number of H-pyrrole nitrogens is 1. The molecule has 1 aliphatic rings. The van der Waals surface area contributed by atoms with Crippen molar-refractivity contribution in [3.8, 4) is 11.5 Å². The second-order valence-electron chi connectivity index (χ2n) is 4.60. The highest BCUT2D eigenvalue weighted by atomic mass is 79.9. The van der Waals surface area contributed by atoms with E-state index >= 15 is 0 Å². The molecule has 5 nitrogen and oxygen atoms in total. The van der Waals surface area contributed by atoms with Gasteiger partial charge >= 0.3 is 0 Å². The van der Waals surface area contributed by atoms with Crippen LogP contribution >= 0.6 is 15.9 Å². The Hall–Kier alpha value is -1.53. The summed E-state index contributed by atoms with van der Waals surface area (Å²) in [6, 6.07) is 5.81. The first-order valence-electron chi connectivity index (χ1n) is 6.16. The first-order valence-corrected chi connectivity index (χ1v) is 6.95. The number of rotatable bonds is 4. The van der Waals surface area contributed by atoms with Crippen molar-refractivity contribution >= 4 is 15.9 Å². The minimum Gasteiger partial charge on any atom is -0.308 e. The second-order valence-corrected chi connectivity index (χ2v) is 5.52. The lowest BCUT2D eigenvalue weighted by molar-refractivity contribution is 0.672. The Morgan fingerprint density at radius 2 is 2.26 bits per heavy atom. The lowest BCUT2D eigenvalue weighted by Crippen LogP contribution is -2.19. The number of nitrogens with zero attached hydrogens (tertiary/aromatic N) is 2. The third kappa shape index (κ3) is 3.27. The van der Waals surface area contributed by atoms with E-state index in [0.29, 0.717) is 24.1 Å². The minimum atomic E-state index is -0.151. The molecule has 0 unspecified atom stereocenters. The number of hydrogen-bond donors (Lipinski definition) is 2. The van der Waals surface area contributed by atoms with Gasteiger partial charge in [0.05, 0.1) is 5.69 Å². The molecule has 0 aliphatic heterocycles. The quantitative estimate of drug-likeness (QED) is 0.901. The number of aromatic amines is 1. The molecule has 0 radical (unpaired) electrons. The lowest BCUT2D eigenvalue weighted by atomic mass is 10.3. The van der Waals surface area contributed by atoms with E-state index < -0.39 is 0 Å². The highest BCUT2D eigenvalue weighted by Gasteiger charge is 2.20. The van der Waals surface area contributed by atoms with Crippen molar-refractivity contribution in [3.05, 3.63) is 44.9 Å². The Kier molecular flexibility index (Phi) is 3.44. The van der Waals surface area contributed by atoms with Crippen molar-refractivity contribution in [2.45, 2.75) is 25.4 Å². The van der Waals surface area contributed by atoms with E-state index in [-0.39, 0.29) is 5.56 Å². The zero-order chi connectivity index (χ0) is 13.2. The van der Waals surface area contributed by atoms with E-state index in [9.17, 15) is 4.79 Å². The number of nitrogens with one attached hydrogen (secondary N) is 2. The van der Waals surface area contributed by atoms with Crippen LogP contribution in [-0.4, -0.2) is 21.0 Å². The maximum absolute atomic E-state index is 11.7. The fourth-order valence-corrected chi connectivity index (χ4v) is 2.01. The SMILES string of the molecule is O=c1cc(CNC2CC2)nc(-c2ccc(Br)cn2)[nH]1. The molecule has 0 atom stereocenters. The molecule has 1 fully saturated rings. The Morgan fingerprint density at radius 1 is 1.42 bits per heavy atom. The summed E-state index contributed by atoms with van der Waals surface area (Å²) in [6.07, 6.45) is 4.11. The van der Waals surface area contributed by atoms with Crippen molar-refractivity contribution < 1.29 is 0 Å². The molecule has 6 heteroatoms. The van der Waals surface area contributed by atoms with Gasteiger partial charge in [0.25, 0.3) is 5.56 Å². The van der Waals surface area contributed by atoms with Crippen LogP contribution in [0.5, 0.6) is 0 Å². The fraction of sp³-hybridized carbons (Fsp3) is 0.308. The van der Waals surface area contributed by atoms with Gasteiger partial charge in [-0.1, -0.05) is 0 Å². The average Bonchev–Trinajstić information content (AvgIpc) is 3.20. The van der Waals surface area contributed by atoms with Crippen LogP contribution in [0, 0.1) is 0 Å². The van der Waals surface area contributed by atoms with Gasteiger partial charge in [0, 0.05) is 29.3 Å². The molecule has 0 saturated heterocycles. The van der Waals surface area contributed by atoms with Crippen molar-refractivity contribution in [2.75, 3.05) is 0 Å². The molecule has 0 amide bonds. The summed E-state index contributed by atoms with van der Waals surface area (Å²) < 4.78 is 0.894. The predicted molar refractivity (Wildman–Crippen MR) is 75.7 cm³/mol. The zero-order valence-electron chi connectivity index (χ0n) is 10.2. The molecule has 2 aromatic rings. The van der Waals surface area contributed by atoms with Gasteiger partial charge in [0.15, 0.2) is 5.82 Å². The number of pyridine rings is 1. The van der Waals surface area contributed by atoms with Crippen LogP contribution in [-0.2, 0) is 6.54 Å². The largest absolute Gasteiger partial charge is 0.308 e. The van der Waals surface area contributed by atoms with Crippen LogP contribution in [0.25, 0.3) is 11.5 Å². The molecule has 0 bridgehead atoms. The molecule has 3 rings (SSSR count). The maximum Gasteiger partial charge on any atom is 0.251 e. The van der Waals surface area contributed by atoms with Gasteiger partial charge in [0.1, 0.15) is 5.69 Å².